The lowest BCUT2D eigenvalue weighted by molar-refractivity contribution is 0.650. The minimum Gasteiger partial charge on any atom is -0.247 e. The zero-order valence-electron chi connectivity index (χ0n) is 16.1. The Balaban J connectivity index is 1.83. The molecule has 4 rings (SSSR count). The smallest absolute Gasteiger partial charge is 0.113 e. The highest BCUT2D eigenvalue weighted by Gasteiger charge is 2.17. The van der Waals surface area contributed by atoms with Gasteiger partial charge in [0, 0.05) is 16.7 Å². The van der Waals surface area contributed by atoms with E-state index in [1.54, 1.807) is 0 Å². The van der Waals surface area contributed by atoms with Crippen molar-refractivity contribution in [2.45, 2.75) is 20.4 Å². The summed E-state index contributed by atoms with van der Waals surface area (Å²) >= 11 is 0. The third-order valence-corrected chi connectivity index (χ3v) is 4.85. The van der Waals surface area contributed by atoms with Gasteiger partial charge in [-0.2, -0.15) is 0 Å². The van der Waals surface area contributed by atoms with E-state index < -0.39 is 0 Å². The summed E-state index contributed by atoms with van der Waals surface area (Å²) in [5.74, 6) is 2.86. The summed E-state index contributed by atoms with van der Waals surface area (Å²) in [5.41, 5.74) is 8.36. The average Bonchev–Trinajstić information content (AvgIpc) is 3.17. The molecule has 1 heterocycles. The van der Waals surface area contributed by atoms with Gasteiger partial charge in [-0.05, 0) is 48.2 Å². The van der Waals surface area contributed by atoms with Gasteiger partial charge in [0.1, 0.15) is 5.69 Å². The van der Waals surface area contributed by atoms with Crippen LogP contribution >= 0.6 is 0 Å². The number of aromatic nitrogens is 3. The zero-order valence-corrected chi connectivity index (χ0v) is 16.1. The Bertz CT molecular complexity index is 1160. The normalized spacial score (nSPS) is 10.6. The molecule has 0 N–H and O–H groups in total. The second kappa shape index (κ2) is 7.54. The molecule has 4 aromatic rings. The van der Waals surface area contributed by atoms with Gasteiger partial charge in [0.2, 0.25) is 0 Å². The van der Waals surface area contributed by atoms with Crippen LogP contribution < -0.4 is 0 Å². The third kappa shape index (κ3) is 3.45. The van der Waals surface area contributed by atoms with Crippen molar-refractivity contribution in [1.29, 1.82) is 0 Å². The maximum atomic E-state index is 5.87. The van der Waals surface area contributed by atoms with Crippen molar-refractivity contribution >= 4 is 0 Å². The molecule has 136 valence electrons. The predicted octanol–water partition coefficient (Wildman–Crippen LogP) is 5.26. The van der Waals surface area contributed by atoms with E-state index in [1.807, 2.05) is 41.2 Å². The number of hydrogen-bond acceptors (Lipinski definition) is 2. The number of rotatable bonds is 4. The summed E-state index contributed by atoms with van der Waals surface area (Å²) in [7, 11) is 0. The van der Waals surface area contributed by atoms with Crippen LogP contribution in [0.2, 0.25) is 0 Å². The van der Waals surface area contributed by atoms with Crippen molar-refractivity contribution in [1.82, 2.24) is 15.0 Å². The molecule has 0 radical (unpaired) electrons. The number of benzene rings is 3. The molecule has 0 spiro atoms. The highest BCUT2D eigenvalue weighted by atomic mass is 15.4. The first-order chi connectivity index (χ1) is 13.7. The van der Waals surface area contributed by atoms with Crippen LogP contribution in [-0.4, -0.2) is 15.0 Å². The summed E-state index contributed by atoms with van der Waals surface area (Å²) < 4.78 is 1.87. The third-order valence-electron chi connectivity index (χ3n) is 4.85. The highest BCUT2D eigenvalue weighted by molar-refractivity contribution is 5.88. The molecule has 0 bridgehead atoms. The molecule has 0 aliphatic rings. The fourth-order valence-corrected chi connectivity index (χ4v) is 3.52. The predicted molar refractivity (Wildman–Crippen MR) is 114 cm³/mol. The molecular weight excluding hydrogens is 342 g/mol. The fourth-order valence-electron chi connectivity index (χ4n) is 3.52. The van der Waals surface area contributed by atoms with Gasteiger partial charge < -0.3 is 0 Å². The lowest BCUT2D eigenvalue weighted by Gasteiger charge is -2.14. The number of terminal acetylenes is 1. The molecule has 0 aliphatic heterocycles. The van der Waals surface area contributed by atoms with Gasteiger partial charge in [-0.15, -0.1) is 11.5 Å². The van der Waals surface area contributed by atoms with Gasteiger partial charge in [-0.3, -0.25) is 0 Å². The van der Waals surface area contributed by atoms with Crippen molar-refractivity contribution in [2.24, 2.45) is 0 Å². The summed E-state index contributed by atoms with van der Waals surface area (Å²) in [5, 5.41) is 8.80. The van der Waals surface area contributed by atoms with E-state index in [9.17, 15) is 0 Å². The molecule has 0 saturated heterocycles. The van der Waals surface area contributed by atoms with E-state index in [1.165, 1.54) is 11.1 Å². The molecule has 0 atom stereocenters. The molecule has 3 nitrogen and oxygen atoms in total. The Morgan fingerprint density at radius 2 is 1.68 bits per heavy atom. The minimum atomic E-state index is 0.682. The summed E-state index contributed by atoms with van der Waals surface area (Å²) in [6, 6.07) is 22.7. The molecular formula is C25H21N3. The van der Waals surface area contributed by atoms with Crippen molar-refractivity contribution in [2.75, 3.05) is 0 Å². The summed E-state index contributed by atoms with van der Waals surface area (Å²) in [4.78, 5) is 0. The van der Waals surface area contributed by atoms with Crippen molar-refractivity contribution < 1.29 is 0 Å². The number of hydrogen-bond donors (Lipinski definition) is 0. The Morgan fingerprint density at radius 3 is 2.43 bits per heavy atom. The monoisotopic (exact) mass is 363 g/mol. The van der Waals surface area contributed by atoms with Gasteiger partial charge in [0.25, 0.3) is 0 Å². The SMILES string of the molecule is C#Cc1cc(C)cc(-c2cn(Cc3ccccc3)nn2)c1-c1ccccc1C. The van der Waals surface area contributed by atoms with Crippen LogP contribution in [0.15, 0.2) is 72.9 Å². The quantitative estimate of drug-likeness (QED) is 0.463. The van der Waals surface area contributed by atoms with Gasteiger partial charge in [-0.25, -0.2) is 4.68 Å². The first-order valence-electron chi connectivity index (χ1n) is 9.27. The van der Waals surface area contributed by atoms with Crippen LogP contribution in [0, 0.1) is 26.2 Å². The lowest BCUT2D eigenvalue weighted by atomic mass is 9.89. The summed E-state index contributed by atoms with van der Waals surface area (Å²) in [6.07, 6.45) is 7.86. The fraction of sp³-hybridized carbons (Fsp3) is 0.120. The van der Waals surface area contributed by atoms with E-state index in [-0.39, 0.29) is 0 Å². The van der Waals surface area contributed by atoms with Crippen LogP contribution in [0.4, 0.5) is 0 Å². The first-order valence-corrected chi connectivity index (χ1v) is 9.27. The van der Waals surface area contributed by atoms with E-state index in [2.05, 4.69) is 66.5 Å². The van der Waals surface area contributed by atoms with Crippen LogP contribution in [0.3, 0.4) is 0 Å². The second-order valence-corrected chi connectivity index (χ2v) is 6.98. The first kappa shape index (κ1) is 17.8. The van der Waals surface area contributed by atoms with Gasteiger partial charge in [0.15, 0.2) is 0 Å². The Morgan fingerprint density at radius 1 is 0.929 bits per heavy atom. The molecule has 1 aromatic heterocycles. The molecule has 0 unspecified atom stereocenters. The van der Waals surface area contributed by atoms with Crippen LogP contribution in [0.1, 0.15) is 22.3 Å². The maximum absolute atomic E-state index is 5.87. The van der Waals surface area contributed by atoms with Crippen LogP contribution in [0.25, 0.3) is 22.4 Å². The van der Waals surface area contributed by atoms with Crippen LogP contribution in [0.5, 0.6) is 0 Å². The number of aryl methyl sites for hydroxylation is 2. The van der Waals surface area contributed by atoms with Gasteiger partial charge in [0.05, 0.1) is 12.7 Å². The molecule has 0 saturated carbocycles. The Kier molecular flexibility index (Phi) is 4.78. The van der Waals surface area contributed by atoms with Crippen molar-refractivity contribution in [3.8, 4) is 34.7 Å². The topological polar surface area (TPSA) is 30.7 Å². The standard InChI is InChI=1S/C25H21N3/c1-4-21-14-18(2)15-23(25(21)22-13-9-8-10-19(22)3)24-17-28(27-26-24)16-20-11-6-5-7-12-20/h1,5-15,17H,16H2,2-3H3. The second-order valence-electron chi connectivity index (χ2n) is 6.98. The Labute approximate surface area is 165 Å². The molecule has 3 heteroatoms. The molecule has 28 heavy (non-hydrogen) atoms. The van der Waals surface area contributed by atoms with E-state index >= 15 is 0 Å². The maximum Gasteiger partial charge on any atom is 0.113 e. The molecule has 3 aromatic carbocycles. The van der Waals surface area contributed by atoms with Gasteiger partial charge in [-0.1, -0.05) is 65.7 Å². The number of nitrogens with zero attached hydrogens (tertiary/aromatic N) is 3. The molecule has 0 fully saturated rings. The van der Waals surface area contributed by atoms with Crippen molar-refractivity contribution in [3.63, 3.8) is 0 Å². The minimum absolute atomic E-state index is 0.682. The summed E-state index contributed by atoms with van der Waals surface area (Å²) in [6.45, 7) is 4.84. The van der Waals surface area contributed by atoms with Gasteiger partial charge >= 0.3 is 0 Å². The van der Waals surface area contributed by atoms with E-state index in [0.29, 0.717) is 6.54 Å². The Hall–Kier alpha value is -3.64. The molecule has 0 amide bonds. The van der Waals surface area contributed by atoms with Crippen LogP contribution in [-0.2, 0) is 6.54 Å². The largest absolute Gasteiger partial charge is 0.247 e. The zero-order chi connectivity index (χ0) is 19.5. The highest BCUT2D eigenvalue weighted by Crippen LogP contribution is 2.36. The lowest BCUT2D eigenvalue weighted by Crippen LogP contribution is -1.99. The average molecular weight is 363 g/mol. The van der Waals surface area contributed by atoms with Crippen molar-refractivity contribution in [3.05, 3.63) is 95.2 Å². The van der Waals surface area contributed by atoms with E-state index in [4.69, 9.17) is 6.42 Å². The molecule has 0 aliphatic carbocycles. The van der Waals surface area contributed by atoms with E-state index in [0.717, 1.165) is 33.5 Å².